The molecule has 1 heterocycles. The normalized spacial score (nSPS) is 10.2. The molecule has 0 aliphatic heterocycles. The molecule has 0 saturated heterocycles. The topological polar surface area (TPSA) is 30.0 Å². The number of benzene rings is 1. The zero-order valence-corrected chi connectivity index (χ0v) is 11.6. The van der Waals surface area contributed by atoms with Crippen LogP contribution in [0.15, 0.2) is 57.0 Å². The van der Waals surface area contributed by atoms with Crippen LogP contribution in [0.5, 0.6) is 0 Å². The molecular formula is C13H10BrNOS. The van der Waals surface area contributed by atoms with E-state index in [9.17, 15) is 4.79 Å². The van der Waals surface area contributed by atoms with E-state index in [-0.39, 0.29) is 5.78 Å². The molecule has 0 spiro atoms. The highest BCUT2D eigenvalue weighted by molar-refractivity contribution is 9.10. The first-order chi connectivity index (χ1) is 8.16. The minimum atomic E-state index is 0.0670. The molecule has 2 rings (SSSR count). The first kappa shape index (κ1) is 12.3. The molecule has 86 valence electrons. The first-order valence-electron chi connectivity index (χ1n) is 5.05. The standard InChI is InChI=1S/C13H10BrNOS/c1-9(16)12-3-2-11(8-13(12)14)17-10-4-6-15-7-5-10/h2-8H,1H3. The fraction of sp³-hybridized carbons (Fsp3) is 0.0769. The van der Waals surface area contributed by atoms with Crippen LogP contribution in [-0.2, 0) is 0 Å². The summed E-state index contributed by atoms with van der Waals surface area (Å²) in [5.74, 6) is 0.0670. The zero-order chi connectivity index (χ0) is 12.3. The minimum absolute atomic E-state index is 0.0670. The summed E-state index contributed by atoms with van der Waals surface area (Å²) in [4.78, 5) is 17.5. The van der Waals surface area contributed by atoms with Crippen molar-refractivity contribution in [2.45, 2.75) is 16.7 Å². The van der Waals surface area contributed by atoms with Gasteiger partial charge in [-0.05, 0) is 37.3 Å². The SMILES string of the molecule is CC(=O)c1ccc(Sc2ccncc2)cc1Br. The van der Waals surface area contributed by atoms with Crippen molar-refractivity contribution in [1.82, 2.24) is 4.98 Å². The van der Waals surface area contributed by atoms with E-state index in [1.807, 2.05) is 30.3 Å². The van der Waals surface area contributed by atoms with Crippen LogP contribution < -0.4 is 0 Å². The van der Waals surface area contributed by atoms with Gasteiger partial charge >= 0.3 is 0 Å². The molecule has 0 N–H and O–H groups in total. The van der Waals surface area contributed by atoms with E-state index in [0.717, 1.165) is 14.3 Å². The monoisotopic (exact) mass is 307 g/mol. The molecule has 1 aromatic heterocycles. The van der Waals surface area contributed by atoms with Crippen molar-refractivity contribution in [2.24, 2.45) is 0 Å². The van der Waals surface area contributed by atoms with Crippen LogP contribution in [0.25, 0.3) is 0 Å². The van der Waals surface area contributed by atoms with Gasteiger partial charge < -0.3 is 0 Å². The van der Waals surface area contributed by atoms with Gasteiger partial charge in [0.15, 0.2) is 5.78 Å². The van der Waals surface area contributed by atoms with Crippen LogP contribution in [0.1, 0.15) is 17.3 Å². The Morgan fingerprint density at radius 1 is 1.18 bits per heavy atom. The lowest BCUT2D eigenvalue weighted by molar-refractivity contribution is 0.101. The fourth-order valence-electron chi connectivity index (χ4n) is 1.39. The number of pyridine rings is 1. The number of nitrogens with zero attached hydrogens (tertiary/aromatic N) is 1. The lowest BCUT2D eigenvalue weighted by Crippen LogP contribution is -1.93. The van der Waals surface area contributed by atoms with E-state index in [1.165, 1.54) is 0 Å². The highest BCUT2D eigenvalue weighted by Gasteiger charge is 2.06. The van der Waals surface area contributed by atoms with E-state index in [1.54, 1.807) is 31.1 Å². The van der Waals surface area contributed by atoms with Gasteiger partial charge in [-0.3, -0.25) is 9.78 Å². The summed E-state index contributed by atoms with van der Waals surface area (Å²) in [6.07, 6.45) is 3.53. The Morgan fingerprint density at radius 2 is 1.88 bits per heavy atom. The summed E-state index contributed by atoms with van der Waals surface area (Å²) >= 11 is 5.06. The Labute approximate surface area is 113 Å². The lowest BCUT2D eigenvalue weighted by atomic mass is 10.2. The number of hydrogen-bond acceptors (Lipinski definition) is 3. The van der Waals surface area contributed by atoms with Gasteiger partial charge in [0.2, 0.25) is 0 Å². The van der Waals surface area contributed by atoms with Crippen molar-refractivity contribution in [3.8, 4) is 0 Å². The molecule has 2 nitrogen and oxygen atoms in total. The van der Waals surface area contributed by atoms with Crippen LogP contribution in [0.3, 0.4) is 0 Å². The number of Topliss-reactive ketones (excluding diaryl/α,β-unsaturated/α-hetero) is 1. The van der Waals surface area contributed by atoms with E-state index < -0.39 is 0 Å². The van der Waals surface area contributed by atoms with Crippen LogP contribution in [0.2, 0.25) is 0 Å². The number of halogens is 1. The summed E-state index contributed by atoms with van der Waals surface area (Å²) in [7, 11) is 0. The Balaban J connectivity index is 2.24. The van der Waals surface area contributed by atoms with E-state index in [2.05, 4.69) is 20.9 Å². The summed E-state index contributed by atoms with van der Waals surface area (Å²) in [5.41, 5.74) is 0.712. The van der Waals surface area contributed by atoms with Gasteiger partial charge in [-0.25, -0.2) is 0 Å². The maximum atomic E-state index is 11.3. The van der Waals surface area contributed by atoms with E-state index in [0.29, 0.717) is 5.56 Å². The van der Waals surface area contributed by atoms with Gasteiger partial charge in [0.1, 0.15) is 0 Å². The largest absolute Gasteiger partial charge is 0.294 e. The van der Waals surface area contributed by atoms with Crippen molar-refractivity contribution in [3.63, 3.8) is 0 Å². The number of carbonyl (C=O) groups excluding carboxylic acids is 1. The molecule has 17 heavy (non-hydrogen) atoms. The van der Waals surface area contributed by atoms with Crippen LogP contribution in [0.4, 0.5) is 0 Å². The number of ketones is 1. The molecule has 0 bridgehead atoms. The molecule has 0 fully saturated rings. The maximum Gasteiger partial charge on any atom is 0.160 e. The average Bonchev–Trinajstić information content (AvgIpc) is 2.30. The molecule has 0 aliphatic carbocycles. The molecule has 4 heteroatoms. The molecular weight excluding hydrogens is 298 g/mol. The van der Waals surface area contributed by atoms with Crippen LogP contribution >= 0.6 is 27.7 Å². The van der Waals surface area contributed by atoms with Crippen molar-refractivity contribution in [1.29, 1.82) is 0 Å². The molecule has 0 radical (unpaired) electrons. The van der Waals surface area contributed by atoms with Gasteiger partial charge in [-0.1, -0.05) is 27.7 Å². The summed E-state index contributed by atoms with van der Waals surface area (Å²) in [5, 5.41) is 0. The fourth-order valence-corrected chi connectivity index (χ4v) is 3.04. The first-order valence-corrected chi connectivity index (χ1v) is 6.66. The third-order valence-electron chi connectivity index (χ3n) is 2.21. The van der Waals surface area contributed by atoms with E-state index >= 15 is 0 Å². The summed E-state index contributed by atoms with van der Waals surface area (Å²) in [6.45, 7) is 1.57. The van der Waals surface area contributed by atoms with Crippen LogP contribution in [-0.4, -0.2) is 10.8 Å². The number of aromatic nitrogens is 1. The van der Waals surface area contributed by atoms with Gasteiger partial charge in [-0.15, -0.1) is 0 Å². The third-order valence-corrected chi connectivity index (χ3v) is 3.86. The average molecular weight is 308 g/mol. The second kappa shape index (κ2) is 5.47. The molecule has 0 atom stereocenters. The predicted molar refractivity (Wildman–Crippen MR) is 72.5 cm³/mol. The second-order valence-corrected chi connectivity index (χ2v) is 5.48. The Kier molecular flexibility index (Phi) is 3.97. The molecule has 1 aromatic carbocycles. The van der Waals surface area contributed by atoms with Crippen molar-refractivity contribution in [2.75, 3.05) is 0 Å². The lowest BCUT2D eigenvalue weighted by Gasteiger charge is -2.04. The number of rotatable bonds is 3. The number of hydrogen-bond donors (Lipinski definition) is 0. The van der Waals surface area contributed by atoms with Crippen molar-refractivity contribution < 1.29 is 4.79 Å². The van der Waals surface area contributed by atoms with Gasteiger partial charge in [0, 0.05) is 32.2 Å². The summed E-state index contributed by atoms with van der Waals surface area (Å²) in [6, 6.07) is 9.67. The smallest absolute Gasteiger partial charge is 0.160 e. The molecule has 2 aromatic rings. The summed E-state index contributed by atoms with van der Waals surface area (Å²) < 4.78 is 0.837. The Bertz CT molecular complexity index is 542. The highest BCUT2D eigenvalue weighted by atomic mass is 79.9. The van der Waals surface area contributed by atoms with E-state index in [4.69, 9.17) is 0 Å². The Morgan fingerprint density at radius 3 is 2.47 bits per heavy atom. The maximum absolute atomic E-state index is 11.3. The van der Waals surface area contributed by atoms with Crippen LogP contribution in [0, 0.1) is 0 Å². The second-order valence-electron chi connectivity index (χ2n) is 3.48. The number of carbonyl (C=O) groups is 1. The molecule has 0 saturated carbocycles. The quantitative estimate of drug-likeness (QED) is 0.796. The van der Waals surface area contributed by atoms with Gasteiger partial charge in [0.05, 0.1) is 0 Å². The third kappa shape index (κ3) is 3.17. The van der Waals surface area contributed by atoms with Gasteiger partial charge in [0.25, 0.3) is 0 Å². The predicted octanol–water partition coefficient (Wildman–Crippen LogP) is 4.20. The highest BCUT2D eigenvalue weighted by Crippen LogP contribution is 2.30. The molecule has 0 unspecified atom stereocenters. The van der Waals surface area contributed by atoms with Gasteiger partial charge in [-0.2, -0.15) is 0 Å². The molecule has 0 aliphatic rings. The Hall–Kier alpha value is -1.13. The van der Waals surface area contributed by atoms with Crippen molar-refractivity contribution in [3.05, 3.63) is 52.8 Å². The zero-order valence-electron chi connectivity index (χ0n) is 9.18. The van der Waals surface area contributed by atoms with Crippen molar-refractivity contribution >= 4 is 33.5 Å². The molecule has 0 amide bonds. The minimum Gasteiger partial charge on any atom is -0.294 e.